The first-order valence-electron chi connectivity index (χ1n) is 6.09. The maximum Gasteiger partial charge on any atom is 0.260 e. The van der Waals surface area contributed by atoms with Gasteiger partial charge < -0.3 is 9.42 Å². The molecular weight excluding hydrogens is 249 g/mol. The van der Waals surface area contributed by atoms with E-state index in [1.165, 1.54) is 6.07 Å². The third-order valence-electron chi connectivity index (χ3n) is 3.08. The third kappa shape index (κ3) is 2.33. The van der Waals surface area contributed by atoms with Crippen LogP contribution >= 0.6 is 0 Å². The van der Waals surface area contributed by atoms with Crippen LogP contribution in [0.15, 0.2) is 28.8 Å². The van der Waals surface area contributed by atoms with Crippen molar-refractivity contribution in [3.8, 4) is 11.5 Å². The lowest BCUT2D eigenvalue weighted by Gasteiger charge is -2.11. The molecule has 1 amide bonds. The molecule has 0 saturated carbocycles. The summed E-state index contributed by atoms with van der Waals surface area (Å²) in [6, 6.07) is 6.21. The smallest absolute Gasteiger partial charge is 0.260 e. The van der Waals surface area contributed by atoms with Gasteiger partial charge >= 0.3 is 0 Å². The zero-order valence-corrected chi connectivity index (χ0v) is 10.2. The number of likely N-dealkylation sites (tertiary alicyclic amines) is 1. The number of rotatable bonds is 3. The molecule has 1 saturated heterocycles. The molecule has 5 nitrogen and oxygen atoms in total. The molecule has 6 heteroatoms. The topological polar surface area (TPSA) is 59.2 Å². The van der Waals surface area contributed by atoms with Gasteiger partial charge in [0.15, 0.2) is 5.82 Å². The van der Waals surface area contributed by atoms with Gasteiger partial charge in [-0.15, -0.1) is 0 Å². The van der Waals surface area contributed by atoms with Crippen LogP contribution < -0.4 is 0 Å². The van der Waals surface area contributed by atoms with E-state index in [1.54, 1.807) is 23.1 Å². The molecule has 1 aliphatic heterocycles. The summed E-state index contributed by atoms with van der Waals surface area (Å²) in [6.45, 7) is 1.03. The Kier molecular flexibility index (Phi) is 2.98. The fourth-order valence-corrected chi connectivity index (χ4v) is 2.10. The molecule has 0 spiro atoms. The number of halogens is 1. The molecule has 2 aromatic rings. The maximum absolute atomic E-state index is 13.6. The first kappa shape index (κ1) is 11.8. The number of carbonyl (C=O) groups excluding carboxylic acids is 1. The quantitative estimate of drug-likeness (QED) is 0.847. The van der Waals surface area contributed by atoms with Crippen molar-refractivity contribution in [3.63, 3.8) is 0 Å². The molecule has 0 atom stereocenters. The summed E-state index contributed by atoms with van der Waals surface area (Å²) in [6.07, 6.45) is 1.43. The fraction of sp³-hybridized carbons (Fsp3) is 0.308. The van der Waals surface area contributed by atoms with Gasteiger partial charge in [0.1, 0.15) is 5.82 Å². The van der Waals surface area contributed by atoms with E-state index in [1.807, 2.05) is 0 Å². The van der Waals surface area contributed by atoms with Crippen LogP contribution in [0.1, 0.15) is 18.7 Å². The average molecular weight is 261 g/mol. The molecule has 0 aliphatic carbocycles. The van der Waals surface area contributed by atoms with Crippen molar-refractivity contribution >= 4 is 5.91 Å². The normalized spacial score (nSPS) is 15.2. The number of benzene rings is 1. The van der Waals surface area contributed by atoms with Gasteiger partial charge in [-0.2, -0.15) is 4.98 Å². The van der Waals surface area contributed by atoms with Gasteiger partial charge in [0, 0.05) is 13.0 Å². The summed E-state index contributed by atoms with van der Waals surface area (Å²) in [5, 5.41) is 3.78. The van der Waals surface area contributed by atoms with Crippen molar-refractivity contribution in [2.45, 2.75) is 19.4 Å². The Labute approximate surface area is 109 Å². The van der Waals surface area contributed by atoms with Gasteiger partial charge in [-0.05, 0) is 18.6 Å². The molecule has 19 heavy (non-hydrogen) atoms. The van der Waals surface area contributed by atoms with Gasteiger partial charge in [0.05, 0.1) is 12.1 Å². The van der Waals surface area contributed by atoms with E-state index < -0.39 is 5.82 Å². The van der Waals surface area contributed by atoms with E-state index >= 15 is 0 Å². The largest absolute Gasteiger partial charge is 0.335 e. The molecule has 0 radical (unpaired) electrons. The Hall–Kier alpha value is -2.24. The molecule has 1 aromatic carbocycles. The number of amides is 1. The van der Waals surface area contributed by atoms with Gasteiger partial charge in [-0.25, -0.2) is 4.39 Å². The van der Waals surface area contributed by atoms with Crippen molar-refractivity contribution in [1.82, 2.24) is 15.0 Å². The van der Waals surface area contributed by atoms with Gasteiger partial charge in [-0.1, -0.05) is 17.3 Å². The summed E-state index contributed by atoms with van der Waals surface area (Å²) in [7, 11) is 0. The highest BCUT2D eigenvalue weighted by Gasteiger charge is 2.22. The minimum atomic E-state index is -0.407. The number of hydrogen-bond donors (Lipinski definition) is 0. The fourth-order valence-electron chi connectivity index (χ4n) is 2.10. The van der Waals surface area contributed by atoms with Crippen LogP contribution in [0.4, 0.5) is 4.39 Å². The highest BCUT2D eigenvalue weighted by molar-refractivity contribution is 5.77. The van der Waals surface area contributed by atoms with Gasteiger partial charge in [-0.3, -0.25) is 4.79 Å². The molecule has 98 valence electrons. The zero-order chi connectivity index (χ0) is 13.2. The Morgan fingerprint density at radius 1 is 1.37 bits per heavy atom. The number of nitrogens with zero attached hydrogens (tertiary/aromatic N) is 3. The zero-order valence-electron chi connectivity index (χ0n) is 10.2. The van der Waals surface area contributed by atoms with E-state index in [0.717, 1.165) is 6.42 Å². The van der Waals surface area contributed by atoms with Gasteiger partial charge in [0.25, 0.3) is 5.89 Å². The third-order valence-corrected chi connectivity index (χ3v) is 3.08. The van der Waals surface area contributed by atoms with Crippen LogP contribution in [-0.2, 0) is 11.3 Å². The monoisotopic (exact) mass is 261 g/mol. The summed E-state index contributed by atoms with van der Waals surface area (Å²) in [5.41, 5.74) is 0.272. The SMILES string of the molecule is O=C1CCCN1Cc1noc(-c2ccccc2F)n1. The van der Waals surface area contributed by atoms with Crippen molar-refractivity contribution in [1.29, 1.82) is 0 Å². The Morgan fingerprint density at radius 2 is 2.21 bits per heavy atom. The number of carbonyl (C=O) groups is 1. The molecule has 1 aliphatic rings. The van der Waals surface area contributed by atoms with Crippen molar-refractivity contribution in [3.05, 3.63) is 35.9 Å². The molecule has 0 bridgehead atoms. The Morgan fingerprint density at radius 3 is 2.95 bits per heavy atom. The van der Waals surface area contributed by atoms with Crippen LogP contribution in [0.2, 0.25) is 0 Å². The molecule has 1 aromatic heterocycles. The molecule has 0 N–H and O–H groups in total. The first-order valence-corrected chi connectivity index (χ1v) is 6.09. The number of hydrogen-bond acceptors (Lipinski definition) is 4. The maximum atomic E-state index is 13.6. The Bertz CT molecular complexity index is 611. The van der Waals surface area contributed by atoms with E-state index in [2.05, 4.69) is 10.1 Å². The van der Waals surface area contributed by atoms with Crippen LogP contribution in [0.25, 0.3) is 11.5 Å². The lowest BCUT2D eigenvalue weighted by molar-refractivity contribution is -0.128. The molecule has 0 unspecified atom stereocenters. The second-order valence-electron chi connectivity index (χ2n) is 4.41. The molecular formula is C13H12FN3O2. The van der Waals surface area contributed by atoms with Gasteiger partial charge in [0.2, 0.25) is 5.91 Å². The van der Waals surface area contributed by atoms with E-state index in [-0.39, 0.29) is 17.4 Å². The molecule has 3 rings (SSSR count). The second kappa shape index (κ2) is 4.79. The van der Waals surface area contributed by atoms with Crippen LogP contribution in [-0.4, -0.2) is 27.5 Å². The van der Waals surface area contributed by atoms with Crippen LogP contribution in [0.3, 0.4) is 0 Å². The number of aromatic nitrogens is 2. The second-order valence-corrected chi connectivity index (χ2v) is 4.41. The predicted octanol–water partition coefficient (Wildman–Crippen LogP) is 2.00. The lowest BCUT2D eigenvalue weighted by atomic mass is 10.2. The lowest BCUT2D eigenvalue weighted by Crippen LogP contribution is -2.24. The highest BCUT2D eigenvalue weighted by atomic mass is 19.1. The van der Waals surface area contributed by atoms with Crippen molar-refractivity contribution in [2.24, 2.45) is 0 Å². The van der Waals surface area contributed by atoms with Crippen molar-refractivity contribution < 1.29 is 13.7 Å². The predicted molar refractivity (Wildman–Crippen MR) is 64.3 cm³/mol. The van der Waals surface area contributed by atoms with Crippen molar-refractivity contribution in [2.75, 3.05) is 6.54 Å². The van der Waals surface area contributed by atoms with E-state index in [9.17, 15) is 9.18 Å². The summed E-state index contributed by atoms with van der Waals surface area (Å²) in [4.78, 5) is 17.3. The molecule has 2 heterocycles. The van der Waals surface area contributed by atoms with E-state index in [0.29, 0.717) is 25.3 Å². The molecule has 1 fully saturated rings. The van der Waals surface area contributed by atoms with Crippen LogP contribution in [0.5, 0.6) is 0 Å². The van der Waals surface area contributed by atoms with Crippen LogP contribution in [0, 0.1) is 5.82 Å². The summed E-state index contributed by atoms with van der Waals surface area (Å²) >= 11 is 0. The standard InChI is InChI=1S/C13H12FN3O2/c14-10-5-2-1-4-9(10)13-15-11(16-19-13)8-17-7-3-6-12(17)18/h1-2,4-5H,3,6-8H2. The minimum absolute atomic E-state index is 0.0947. The minimum Gasteiger partial charge on any atom is -0.335 e. The summed E-state index contributed by atoms with van der Waals surface area (Å²) < 4.78 is 18.6. The summed E-state index contributed by atoms with van der Waals surface area (Å²) in [5.74, 6) is 0.223. The Balaban J connectivity index is 1.80. The first-order chi connectivity index (χ1) is 9.24. The van der Waals surface area contributed by atoms with E-state index in [4.69, 9.17) is 4.52 Å². The average Bonchev–Trinajstić information content (AvgIpc) is 3.01. The highest BCUT2D eigenvalue weighted by Crippen LogP contribution is 2.21.